The van der Waals surface area contributed by atoms with E-state index in [9.17, 15) is 24.8 Å². The lowest BCUT2D eigenvalue weighted by molar-refractivity contribution is -0.385. The Kier molecular flexibility index (Phi) is 4.13. The zero-order chi connectivity index (χ0) is 18.0. The summed E-state index contributed by atoms with van der Waals surface area (Å²) >= 11 is 0. The molecule has 0 aliphatic carbocycles. The summed E-state index contributed by atoms with van der Waals surface area (Å²) in [5.41, 5.74) is -1.04. The molecule has 3 aromatic carbocycles. The molecule has 0 saturated heterocycles. The molecule has 25 heavy (non-hydrogen) atoms. The van der Waals surface area contributed by atoms with Gasteiger partial charge in [0.2, 0.25) is 0 Å². The maximum atomic E-state index is 12.6. The van der Waals surface area contributed by atoms with E-state index in [0.29, 0.717) is 5.69 Å². The fourth-order valence-corrected chi connectivity index (χ4v) is 2.63. The third kappa shape index (κ3) is 3.02. The summed E-state index contributed by atoms with van der Waals surface area (Å²) in [5, 5.41) is 24.7. The van der Waals surface area contributed by atoms with Gasteiger partial charge in [-0.1, -0.05) is 42.5 Å². The third-order valence-corrected chi connectivity index (χ3v) is 3.74. The summed E-state index contributed by atoms with van der Waals surface area (Å²) in [6, 6.07) is 16.3. The molecule has 3 rings (SSSR count). The van der Waals surface area contributed by atoms with Gasteiger partial charge in [0.05, 0.1) is 10.5 Å². The first kappa shape index (κ1) is 16.1. The molecule has 0 heterocycles. The maximum Gasteiger partial charge on any atom is 0.343 e. The van der Waals surface area contributed by atoms with E-state index >= 15 is 0 Å². The first-order valence-corrected chi connectivity index (χ1v) is 7.29. The molecular weight excluding hydrogens is 324 g/mol. The molecular formula is C18H12N2O5. The van der Waals surface area contributed by atoms with Crippen molar-refractivity contribution in [3.8, 4) is 0 Å². The minimum atomic E-state index is -1.53. The molecule has 7 nitrogen and oxygen atoms in total. The van der Waals surface area contributed by atoms with Gasteiger partial charge in [0.1, 0.15) is 5.56 Å². The summed E-state index contributed by atoms with van der Waals surface area (Å²) in [5.74, 6) is -2.26. The number of nitrogens with one attached hydrogen (secondary N) is 1. The highest BCUT2D eigenvalue weighted by molar-refractivity contribution is 6.14. The van der Waals surface area contributed by atoms with E-state index in [4.69, 9.17) is 0 Å². The molecule has 1 amide bonds. The molecule has 0 bridgehead atoms. The van der Waals surface area contributed by atoms with E-state index in [0.717, 1.165) is 16.8 Å². The number of nitro benzene ring substituents is 1. The van der Waals surface area contributed by atoms with Crippen LogP contribution in [0.25, 0.3) is 10.8 Å². The normalized spacial score (nSPS) is 10.4. The predicted octanol–water partition coefficient (Wildman–Crippen LogP) is 3.70. The number of hydrogen-bond donors (Lipinski definition) is 2. The van der Waals surface area contributed by atoms with Gasteiger partial charge in [-0.15, -0.1) is 0 Å². The SMILES string of the molecule is O=C(Nc1cccc2ccccc12)c1cccc([N+](=O)[O-])c1C(=O)O. The minimum Gasteiger partial charge on any atom is -0.477 e. The highest BCUT2D eigenvalue weighted by Gasteiger charge is 2.27. The van der Waals surface area contributed by atoms with Crippen molar-refractivity contribution in [3.63, 3.8) is 0 Å². The Labute approximate surface area is 141 Å². The second-order valence-electron chi connectivity index (χ2n) is 5.24. The molecule has 0 radical (unpaired) electrons. The van der Waals surface area contributed by atoms with Gasteiger partial charge in [0, 0.05) is 17.1 Å². The van der Waals surface area contributed by atoms with Crippen LogP contribution in [-0.2, 0) is 0 Å². The number of rotatable bonds is 4. The number of carboxylic acids is 1. The van der Waals surface area contributed by atoms with Crippen molar-refractivity contribution in [1.82, 2.24) is 0 Å². The molecule has 124 valence electrons. The molecule has 0 aliphatic heterocycles. The van der Waals surface area contributed by atoms with E-state index in [1.54, 1.807) is 12.1 Å². The number of carbonyl (C=O) groups excluding carboxylic acids is 1. The Balaban J connectivity index is 2.06. The molecule has 2 N–H and O–H groups in total. The van der Waals surface area contributed by atoms with Crippen molar-refractivity contribution in [2.45, 2.75) is 0 Å². The fourth-order valence-electron chi connectivity index (χ4n) is 2.63. The Bertz CT molecular complexity index is 1010. The predicted molar refractivity (Wildman–Crippen MR) is 92.0 cm³/mol. The van der Waals surface area contributed by atoms with Crippen molar-refractivity contribution >= 4 is 34.0 Å². The van der Waals surface area contributed by atoms with Gasteiger partial charge in [0.25, 0.3) is 11.6 Å². The number of hydrogen-bond acceptors (Lipinski definition) is 4. The number of anilines is 1. The third-order valence-electron chi connectivity index (χ3n) is 3.74. The summed E-state index contributed by atoms with van der Waals surface area (Å²) < 4.78 is 0. The smallest absolute Gasteiger partial charge is 0.343 e. The van der Waals surface area contributed by atoms with Gasteiger partial charge in [-0.25, -0.2) is 4.79 Å². The average Bonchev–Trinajstić information content (AvgIpc) is 2.61. The van der Waals surface area contributed by atoms with Crippen molar-refractivity contribution in [3.05, 3.63) is 81.9 Å². The van der Waals surface area contributed by atoms with E-state index in [1.165, 1.54) is 12.1 Å². The average molecular weight is 336 g/mol. The topological polar surface area (TPSA) is 110 Å². The summed E-state index contributed by atoms with van der Waals surface area (Å²) in [4.78, 5) is 34.2. The van der Waals surface area contributed by atoms with Crippen LogP contribution >= 0.6 is 0 Å². The van der Waals surface area contributed by atoms with Crippen LogP contribution in [0, 0.1) is 10.1 Å². The zero-order valence-corrected chi connectivity index (χ0v) is 12.8. The number of carbonyl (C=O) groups is 2. The number of nitro groups is 1. The lowest BCUT2D eigenvalue weighted by Crippen LogP contribution is -2.18. The van der Waals surface area contributed by atoms with Crippen LogP contribution in [-0.4, -0.2) is 21.9 Å². The van der Waals surface area contributed by atoms with Gasteiger partial charge in [-0.3, -0.25) is 14.9 Å². The van der Waals surface area contributed by atoms with Crippen LogP contribution < -0.4 is 5.32 Å². The van der Waals surface area contributed by atoms with Crippen LogP contribution in [0.1, 0.15) is 20.7 Å². The maximum absolute atomic E-state index is 12.6. The largest absolute Gasteiger partial charge is 0.477 e. The van der Waals surface area contributed by atoms with Crippen LogP contribution in [0.15, 0.2) is 60.7 Å². The number of benzene rings is 3. The lowest BCUT2D eigenvalue weighted by atomic mass is 10.0. The second kappa shape index (κ2) is 6.40. The molecule has 7 heteroatoms. The van der Waals surface area contributed by atoms with Crippen LogP contribution in [0.2, 0.25) is 0 Å². The summed E-state index contributed by atoms with van der Waals surface area (Å²) in [6.07, 6.45) is 0. The quantitative estimate of drug-likeness (QED) is 0.557. The first-order chi connectivity index (χ1) is 12.0. The zero-order valence-electron chi connectivity index (χ0n) is 12.8. The summed E-state index contributed by atoms with van der Waals surface area (Å²) in [7, 11) is 0. The molecule has 0 aromatic heterocycles. The number of carboxylic acid groups (broad SMARTS) is 1. The van der Waals surface area contributed by atoms with Crippen molar-refractivity contribution in [2.75, 3.05) is 5.32 Å². The first-order valence-electron chi connectivity index (χ1n) is 7.29. The molecule has 0 spiro atoms. The van der Waals surface area contributed by atoms with E-state index < -0.39 is 28.1 Å². The molecule has 0 atom stereocenters. The molecule has 0 unspecified atom stereocenters. The van der Waals surface area contributed by atoms with Crippen LogP contribution in [0.3, 0.4) is 0 Å². The number of nitrogens with zero attached hydrogens (tertiary/aromatic N) is 1. The standard InChI is InChI=1S/C18H12N2O5/c21-17(13-8-4-10-15(20(24)25)16(13)18(22)23)19-14-9-3-6-11-5-1-2-7-12(11)14/h1-10H,(H,19,21)(H,22,23). The minimum absolute atomic E-state index is 0.269. The molecule has 0 fully saturated rings. The van der Waals surface area contributed by atoms with E-state index in [2.05, 4.69) is 5.32 Å². The van der Waals surface area contributed by atoms with Crippen molar-refractivity contribution < 1.29 is 19.6 Å². The highest BCUT2D eigenvalue weighted by atomic mass is 16.6. The lowest BCUT2D eigenvalue weighted by Gasteiger charge is -2.10. The van der Waals surface area contributed by atoms with Crippen molar-refractivity contribution in [1.29, 1.82) is 0 Å². The Hall–Kier alpha value is -3.74. The van der Waals surface area contributed by atoms with Crippen LogP contribution in [0.4, 0.5) is 11.4 Å². The van der Waals surface area contributed by atoms with Gasteiger partial charge in [-0.05, 0) is 17.5 Å². The summed E-state index contributed by atoms with van der Waals surface area (Å²) in [6.45, 7) is 0. The Morgan fingerprint density at radius 1 is 0.960 bits per heavy atom. The van der Waals surface area contributed by atoms with Gasteiger partial charge in [-0.2, -0.15) is 0 Å². The van der Waals surface area contributed by atoms with E-state index in [1.807, 2.05) is 30.3 Å². The molecule has 3 aromatic rings. The van der Waals surface area contributed by atoms with Gasteiger partial charge >= 0.3 is 5.97 Å². The Morgan fingerprint density at radius 2 is 1.64 bits per heavy atom. The van der Waals surface area contributed by atoms with E-state index in [-0.39, 0.29) is 5.56 Å². The second-order valence-corrected chi connectivity index (χ2v) is 5.24. The number of amides is 1. The monoisotopic (exact) mass is 336 g/mol. The number of aromatic carboxylic acids is 1. The highest BCUT2D eigenvalue weighted by Crippen LogP contribution is 2.26. The molecule has 0 saturated carbocycles. The fraction of sp³-hybridized carbons (Fsp3) is 0. The van der Waals surface area contributed by atoms with Gasteiger partial charge < -0.3 is 10.4 Å². The van der Waals surface area contributed by atoms with Crippen LogP contribution in [0.5, 0.6) is 0 Å². The molecule has 0 aliphatic rings. The van der Waals surface area contributed by atoms with Gasteiger partial charge in [0.15, 0.2) is 0 Å². The Morgan fingerprint density at radius 3 is 2.36 bits per heavy atom. The number of fused-ring (bicyclic) bond motifs is 1. The van der Waals surface area contributed by atoms with Crippen molar-refractivity contribution in [2.24, 2.45) is 0 Å².